The molecule has 2 saturated heterocycles. The van der Waals surface area contributed by atoms with Crippen molar-refractivity contribution in [3.63, 3.8) is 0 Å². The predicted molar refractivity (Wildman–Crippen MR) is 113 cm³/mol. The summed E-state index contributed by atoms with van der Waals surface area (Å²) in [5.41, 5.74) is 1.60. The van der Waals surface area contributed by atoms with Crippen molar-refractivity contribution < 1.29 is 21.6 Å². The van der Waals surface area contributed by atoms with Crippen molar-refractivity contribution in [3.05, 3.63) is 60.2 Å². The minimum absolute atomic E-state index is 0.0264. The Morgan fingerprint density at radius 2 is 1.60 bits per heavy atom. The summed E-state index contributed by atoms with van der Waals surface area (Å²) >= 11 is 0. The van der Waals surface area contributed by atoms with Crippen molar-refractivity contribution in [2.24, 2.45) is 5.14 Å². The Bertz CT molecular complexity index is 1150. The van der Waals surface area contributed by atoms with Crippen LogP contribution in [0.5, 0.6) is 0 Å². The van der Waals surface area contributed by atoms with Gasteiger partial charge >= 0.3 is 0 Å². The molecule has 0 radical (unpaired) electrons. The summed E-state index contributed by atoms with van der Waals surface area (Å²) in [6.07, 6.45) is 0.562. The van der Waals surface area contributed by atoms with Crippen molar-refractivity contribution in [1.29, 1.82) is 0 Å². The van der Waals surface area contributed by atoms with E-state index in [0.717, 1.165) is 5.56 Å². The molecule has 2 heterocycles. The number of nitrogens with two attached hydrogens (primary N) is 1. The van der Waals surface area contributed by atoms with Crippen molar-refractivity contribution >= 4 is 31.5 Å². The second-order valence-corrected chi connectivity index (χ2v) is 11.4. The van der Waals surface area contributed by atoms with Gasteiger partial charge in [-0.25, -0.2) is 22.0 Å². The van der Waals surface area contributed by atoms with Crippen LogP contribution in [0.3, 0.4) is 0 Å². The fourth-order valence-corrected chi connectivity index (χ4v) is 6.74. The zero-order valence-electron chi connectivity index (χ0n) is 16.2. The molecule has 0 saturated carbocycles. The van der Waals surface area contributed by atoms with Gasteiger partial charge in [0.2, 0.25) is 15.9 Å². The molecule has 10 heteroatoms. The van der Waals surface area contributed by atoms with Crippen molar-refractivity contribution in [3.8, 4) is 0 Å². The van der Waals surface area contributed by atoms with Gasteiger partial charge in [0.15, 0.2) is 9.84 Å². The number of nitrogens with zero attached hydrogens (tertiary/aromatic N) is 2. The maximum absolute atomic E-state index is 12.9. The van der Waals surface area contributed by atoms with Gasteiger partial charge in [-0.15, -0.1) is 0 Å². The smallest absolute Gasteiger partial charge is 0.241 e. The quantitative estimate of drug-likeness (QED) is 0.706. The largest absolute Gasteiger partial charge is 0.306 e. The summed E-state index contributed by atoms with van der Waals surface area (Å²) in [6, 6.07) is 14.8. The molecule has 2 fully saturated rings. The number of amides is 1. The number of primary sulfonamides is 1. The molecular formula is C20H23N3O5S2. The highest BCUT2D eigenvalue weighted by molar-refractivity contribution is 7.91. The number of para-hydroxylation sites is 1. The number of hydrogen-bond donors (Lipinski definition) is 1. The zero-order valence-corrected chi connectivity index (χ0v) is 17.8. The third kappa shape index (κ3) is 4.27. The third-order valence-electron chi connectivity index (χ3n) is 5.68. The topological polar surface area (TPSA) is 118 Å². The predicted octanol–water partition coefficient (Wildman–Crippen LogP) is 0.391. The number of carbonyl (C=O) groups excluding carboxylic acids is 1. The molecule has 30 heavy (non-hydrogen) atoms. The van der Waals surface area contributed by atoms with Gasteiger partial charge in [-0.3, -0.25) is 9.69 Å². The lowest BCUT2D eigenvalue weighted by Crippen LogP contribution is -2.62. The number of benzene rings is 2. The van der Waals surface area contributed by atoms with E-state index < -0.39 is 25.9 Å². The van der Waals surface area contributed by atoms with Crippen molar-refractivity contribution in [1.82, 2.24) is 4.90 Å². The summed E-state index contributed by atoms with van der Waals surface area (Å²) in [6.45, 7) is 0.640. The van der Waals surface area contributed by atoms with E-state index >= 15 is 0 Å². The molecule has 0 aliphatic carbocycles. The molecule has 0 aromatic heterocycles. The number of sulfonamides is 1. The van der Waals surface area contributed by atoms with E-state index in [4.69, 9.17) is 5.14 Å². The minimum Gasteiger partial charge on any atom is -0.306 e. The van der Waals surface area contributed by atoms with Crippen LogP contribution in [0.2, 0.25) is 0 Å². The molecule has 0 spiro atoms. The number of sulfone groups is 1. The molecule has 2 atom stereocenters. The summed E-state index contributed by atoms with van der Waals surface area (Å²) in [4.78, 5) is 16.5. The molecule has 2 aliphatic heterocycles. The molecule has 160 valence electrons. The molecule has 8 nitrogen and oxygen atoms in total. The fraction of sp³-hybridized carbons (Fsp3) is 0.350. The highest BCUT2D eigenvalue weighted by Gasteiger charge is 2.49. The molecule has 4 rings (SSSR count). The maximum Gasteiger partial charge on any atom is 0.241 e. The monoisotopic (exact) mass is 449 g/mol. The lowest BCUT2D eigenvalue weighted by Gasteiger charge is -2.43. The molecule has 0 bridgehead atoms. The number of rotatable bonds is 5. The van der Waals surface area contributed by atoms with Crippen LogP contribution >= 0.6 is 0 Å². The lowest BCUT2D eigenvalue weighted by atomic mass is 10.0. The van der Waals surface area contributed by atoms with Crippen molar-refractivity contribution in [2.75, 3.05) is 29.5 Å². The van der Waals surface area contributed by atoms with Gasteiger partial charge in [0.1, 0.15) is 0 Å². The van der Waals surface area contributed by atoms with Gasteiger partial charge in [0, 0.05) is 18.3 Å². The minimum atomic E-state index is -3.75. The van der Waals surface area contributed by atoms with E-state index in [2.05, 4.69) is 0 Å². The molecule has 2 aliphatic rings. The van der Waals surface area contributed by atoms with Gasteiger partial charge < -0.3 is 4.90 Å². The second-order valence-electron chi connectivity index (χ2n) is 7.72. The van der Waals surface area contributed by atoms with E-state index in [0.29, 0.717) is 18.7 Å². The Hall–Kier alpha value is -2.27. The van der Waals surface area contributed by atoms with Crippen LogP contribution in [0.1, 0.15) is 5.56 Å². The van der Waals surface area contributed by atoms with Gasteiger partial charge in [0.25, 0.3) is 0 Å². The van der Waals surface area contributed by atoms with E-state index in [1.165, 1.54) is 12.1 Å². The average molecular weight is 450 g/mol. The van der Waals surface area contributed by atoms with E-state index in [9.17, 15) is 21.6 Å². The first-order valence-electron chi connectivity index (χ1n) is 9.57. The second kappa shape index (κ2) is 7.77. The van der Waals surface area contributed by atoms with Crippen LogP contribution in [0.25, 0.3) is 0 Å². The van der Waals surface area contributed by atoms with E-state index in [1.807, 2.05) is 35.2 Å². The van der Waals surface area contributed by atoms with Crippen LogP contribution in [-0.4, -0.2) is 64.3 Å². The SMILES string of the molecule is NS(=O)(=O)c1ccc(CCN2CC(=O)N(c3ccccc3)[C@@H]3CS(=O)(=O)C[C@@H]32)cc1. The Morgan fingerprint density at radius 1 is 0.967 bits per heavy atom. The van der Waals surface area contributed by atoms with Gasteiger partial charge in [-0.2, -0.15) is 0 Å². The zero-order chi connectivity index (χ0) is 21.5. The van der Waals surface area contributed by atoms with Gasteiger partial charge in [-0.05, 0) is 36.2 Å². The summed E-state index contributed by atoms with van der Waals surface area (Å²) in [5, 5.41) is 5.12. The Kier molecular flexibility index (Phi) is 5.43. The Balaban J connectivity index is 1.53. The number of fused-ring (bicyclic) bond motifs is 1. The third-order valence-corrected chi connectivity index (χ3v) is 8.30. The van der Waals surface area contributed by atoms with Crippen LogP contribution in [0, 0.1) is 0 Å². The highest BCUT2D eigenvalue weighted by atomic mass is 32.2. The normalized spacial score (nSPS) is 24.0. The lowest BCUT2D eigenvalue weighted by molar-refractivity contribution is -0.123. The summed E-state index contributed by atoms with van der Waals surface area (Å²) < 4.78 is 47.6. The Morgan fingerprint density at radius 3 is 2.23 bits per heavy atom. The van der Waals surface area contributed by atoms with E-state index in [-0.39, 0.29) is 34.9 Å². The van der Waals surface area contributed by atoms with Gasteiger partial charge in [0.05, 0.1) is 29.0 Å². The standard InChI is InChI=1S/C20H23N3O5S2/c21-30(27,28)17-8-6-15(7-9-17)10-11-22-12-20(24)23(16-4-2-1-3-5-16)19-14-29(25,26)13-18(19)22/h1-9,18-19H,10-14H2,(H2,21,27,28)/t18-,19+/m0/s1. The summed E-state index contributed by atoms with van der Waals surface area (Å²) in [5.74, 6) is -0.139. The molecular weight excluding hydrogens is 426 g/mol. The van der Waals surface area contributed by atoms with Crippen LogP contribution < -0.4 is 10.0 Å². The van der Waals surface area contributed by atoms with Gasteiger partial charge in [-0.1, -0.05) is 30.3 Å². The number of hydrogen-bond acceptors (Lipinski definition) is 6. The molecule has 2 N–H and O–H groups in total. The average Bonchev–Trinajstić information content (AvgIpc) is 3.01. The number of anilines is 1. The Labute approximate surface area is 176 Å². The summed E-state index contributed by atoms with van der Waals surface area (Å²) in [7, 11) is -6.99. The number of carbonyl (C=O) groups is 1. The van der Waals surface area contributed by atoms with Crippen LogP contribution in [-0.2, 0) is 31.1 Å². The van der Waals surface area contributed by atoms with Crippen LogP contribution in [0.4, 0.5) is 5.69 Å². The van der Waals surface area contributed by atoms with Crippen LogP contribution in [0.15, 0.2) is 59.5 Å². The first-order chi connectivity index (χ1) is 14.1. The van der Waals surface area contributed by atoms with E-state index in [1.54, 1.807) is 17.0 Å². The van der Waals surface area contributed by atoms with Crippen molar-refractivity contribution in [2.45, 2.75) is 23.4 Å². The first kappa shape index (κ1) is 21.0. The molecule has 1 amide bonds. The molecule has 2 aromatic carbocycles. The maximum atomic E-state index is 12.9. The number of piperazine rings is 1. The fourth-order valence-electron chi connectivity index (χ4n) is 4.25. The highest BCUT2D eigenvalue weighted by Crippen LogP contribution is 2.31. The molecule has 0 unspecified atom stereocenters. The molecule has 2 aromatic rings. The first-order valence-corrected chi connectivity index (χ1v) is 12.9.